The minimum atomic E-state index is -1.74. The third-order valence-corrected chi connectivity index (χ3v) is 10.1. The number of ether oxygens (including phenoxy) is 4. The van der Waals surface area contributed by atoms with Crippen molar-refractivity contribution in [3.63, 3.8) is 0 Å². The van der Waals surface area contributed by atoms with Gasteiger partial charge < -0.3 is 34.3 Å². The molecule has 11 atom stereocenters. The molecule has 244 valence electrons. The molecule has 1 unspecified atom stereocenters. The summed E-state index contributed by atoms with van der Waals surface area (Å²) in [5.41, 5.74) is 1.64. The molecule has 0 aromatic rings. The number of esters is 1. The summed E-state index contributed by atoms with van der Waals surface area (Å²) in [5.74, 6) is -2.31. The van der Waals surface area contributed by atoms with Gasteiger partial charge in [-0.15, -0.1) is 0 Å². The zero-order chi connectivity index (χ0) is 32.0. The lowest BCUT2D eigenvalue weighted by Crippen LogP contribution is -2.59. The molecule has 2 bridgehead atoms. The topological polar surface area (TPSA) is 115 Å². The maximum Gasteiger partial charge on any atom is 0.316 e. The number of hydrogen-bond donors (Lipinski definition) is 3. The van der Waals surface area contributed by atoms with Gasteiger partial charge in [0.15, 0.2) is 5.79 Å². The van der Waals surface area contributed by atoms with Crippen LogP contribution in [0.4, 0.5) is 0 Å². The first-order chi connectivity index (χ1) is 20.7. The molecule has 1 aliphatic carbocycles. The lowest BCUT2D eigenvalue weighted by atomic mass is 9.71. The van der Waals surface area contributed by atoms with Gasteiger partial charge in [-0.2, -0.15) is 0 Å². The number of carbonyl (C=O) groups excluding carboxylic acids is 1. The summed E-state index contributed by atoms with van der Waals surface area (Å²) >= 11 is 0. The second kappa shape index (κ2) is 13.0. The third-order valence-electron chi connectivity index (χ3n) is 10.1. The first-order valence-corrected chi connectivity index (χ1v) is 16.4. The van der Waals surface area contributed by atoms with Crippen LogP contribution in [0.1, 0.15) is 80.6 Å². The Labute approximate surface area is 262 Å². The van der Waals surface area contributed by atoms with Crippen molar-refractivity contribution in [1.82, 2.24) is 0 Å². The second-order valence-electron chi connectivity index (χ2n) is 14.4. The molecular weight excluding hydrogens is 560 g/mol. The highest BCUT2D eigenvalue weighted by Gasteiger charge is 2.60. The Balaban J connectivity index is 1.52. The van der Waals surface area contributed by atoms with Crippen LogP contribution in [-0.2, 0) is 23.7 Å². The van der Waals surface area contributed by atoms with Gasteiger partial charge in [0, 0.05) is 25.2 Å². The SMILES string of the molecule is CC1=C[C@H]2C(=O)O[C@H]3C[C@@H](C/C=C(\C)C[C@@H](C)/C=C/C=C4\CO[C@H]([C@@H]1O)[C@@]42O)OC1(C3)C[C@H](O)[C@H](C)[C@@H](/C(C)=C/C(C)C)O1. The number of aliphatic hydroxyl groups excluding tert-OH is 2. The Kier molecular flexibility index (Phi) is 9.82. The fourth-order valence-electron chi connectivity index (χ4n) is 7.85. The van der Waals surface area contributed by atoms with Gasteiger partial charge in [-0.3, -0.25) is 4.79 Å². The molecule has 0 aromatic carbocycles. The Morgan fingerprint density at radius 3 is 2.59 bits per heavy atom. The Morgan fingerprint density at radius 1 is 1.11 bits per heavy atom. The second-order valence-corrected chi connectivity index (χ2v) is 14.4. The van der Waals surface area contributed by atoms with Crippen LogP contribution in [0.3, 0.4) is 0 Å². The molecule has 1 spiro atoms. The Hall–Kier alpha value is -2.07. The number of carbonyl (C=O) groups is 1. The minimum Gasteiger partial charge on any atom is -0.462 e. The highest BCUT2D eigenvalue weighted by molar-refractivity contribution is 5.78. The highest BCUT2D eigenvalue weighted by atomic mass is 16.7. The van der Waals surface area contributed by atoms with E-state index in [4.69, 9.17) is 18.9 Å². The van der Waals surface area contributed by atoms with Crippen molar-refractivity contribution in [3.05, 3.63) is 58.7 Å². The Bertz CT molecular complexity index is 1240. The van der Waals surface area contributed by atoms with Gasteiger partial charge in [0.25, 0.3) is 0 Å². The lowest BCUT2D eigenvalue weighted by molar-refractivity contribution is -0.342. The summed E-state index contributed by atoms with van der Waals surface area (Å²) in [6, 6.07) is 0. The first kappa shape index (κ1) is 33.3. The van der Waals surface area contributed by atoms with E-state index in [0.717, 1.165) is 12.0 Å². The number of aliphatic hydroxyl groups is 3. The molecule has 44 heavy (non-hydrogen) atoms. The van der Waals surface area contributed by atoms with Crippen molar-refractivity contribution in [3.8, 4) is 0 Å². The molecule has 0 saturated carbocycles. The molecule has 8 heteroatoms. The van der Waals surface area contributed by atoms with E-state index in [0.29, 0.717) is 29.9 Å². The number of rotatable bonds is 2. The maximum atomic E-state index is 14.0. The molecule has 4 heterocycles. The monoisotopic (exact) mass is 612 g/mol. The summed E-state index contributed by atoms with van der Waals surface area (Å²) in [6.45, 7) is 14.4. The number of fused-ring (bicyclic) bond motifs is 2. The number of allylic oxidation sites excluding steroid dienone is 5. The van der Waals surface area contributed by atoms with Crippen LogP contribution in [0.15, 0.2) is 58.7 Å². The largest absolute Gasteiger partial charge is 0.462 e. The summed E-state index contributed by atoms with van der Waals surface area (Å²) in [5, 5.41) is 34.3. The summed E-state index contributed by atoms with van der Waals surface area (Å²) in [4.78, 5) is 14.0. The van der Waals surface area contributed by atoms with Crippen LogP contribution in [0.25, 0.3) is 0 Å². The van der Waals surface area contributed by atoms with Crippen molar-refractivity contribution in [2.45, 2.75) is 129 Å². The van der Waals surface area contributed by atoms with Gasteiger partial charge >= 0.3 is 5.97 Å². The normalized spacial score (nSPS) is 46.8. The lowest BCUT2D eigenvalue weighted by Gasteiger charge is -2.51. The zero-order valence-corrected chi connectivity index (χ0v) is 27.4. The molecule has 4 aliphatic heterocycles. The van der Waals surface area contributed by atoms with Crippen LogP contribution in [-0.4, -0.2) is 75.9 Å². The van der Waals surface area contributed by atoms with E-state index in [-0.39, 0.29) is 43.5 Å². The van der Waals surface area contributed by atoms with Crippen molar-refractivity contribution < 1.29 is 39.1 Å². The molecule has 3 N–H and O–H groups in total. The van der Waals surface area contributed by atoms with Crippen LogP contribution in [0, 0.1) is 23.7 Å². The van der Waals surface area contributed by atoms with E-state index in [2.05, 4.69) is 45.9 Å². The maximum absolute atomic E-state index is 14.0. The van der Waals surface area contributed by atoms with Crippen LogP contribution >= 0.6 is 0 Å². The molecule has 0 amide bonds. The summed E-state index contributed by atoms with van der Waals surface area (Å²) in [7, 11) is 0. The van der Waals surface area contributed by atoms with E-state index in [1.165, 1.54) is 5.57 Å². The van der Waals surface area contributed by atoms with Gasteiger partial charge in [0.2, 0.25) is 0 Å². The van der Waals surface area contributed by atoms with Crippen molar-refractivity contribution in [2.24, 2.45) is 23.7 Å². The highest BCUT2D eigenvalue weighted by Crippen LogP contribution is 2.47. The smallest absolute Gasteiger partial charge is 0.316 e. The van der Waals surface area contributed by atoms with Crippen LogP contribution in [0.5, 0.6) is 0 Å². The van der Waals surface area contributed by atoms with E-state index < -0.39 is 47.7 Å². The van der Waals surface area contributed by atoms with Gasteiger partial charge in [0.05, 0.1) is 24.9 Å². The van der Waals surface area contributed by atoms with Gasteiger partial charge in [0.1, 0.15) is 29.8 Å². The molecule has 0 aromatic heterocycles. The molecule has 0 radical (unpaired) electrons. The predicted molar refractivity (Wildman–Crippen MR) is 167 cm³/mol. The fraction of sp³-hybridized carbons (Fsp3) is 0.694. The van der Waals surface area contributed by atoms with Gasteiger partial charge in [-0.05, 0) is 62.2 Å². The molecule has 5 rings (SSSR count). The first-order valence-electron chi connectivity index (χ1n) is 16.4. The van der Waals surface area contributed by atoms with E-state index in [1.807, 2.05) is 26.0 Å². The zero-order valence-electron chi connectivity index (χ0n) is 27.4. The molecule has 3 fully saturated rings. The average molecular weight is 613 g/mol. The molecule has 3 saturated heterocycles. The van der Waals surface area contributed by atoms with E-state index >= 15 is 0 Å². The minimum absolute atomic E-state index is 0.109. The van der Waals surface area contributed by atoms with Crippen LogP contribution < -0.4 is 0 Å². The Morgan fingerprint density at radius 2 is 1.86 bits per heavy atom. The molecule has 5 aliphatic rings. The van der Waals surface area contributed by atoms with Crippen molar-refractivity contribution >= 4 is 5.97 Å². The summed E-state index contributed by atoms with van der Waals surface area (Å²) in [6.07, 6.45) is 10.4. The van der Waals surface area contributed by atoms with Crippen molar-refractivity contribution in [2.75, 3.05) is 6.61 Å². The molecular formula is C36H52O8. The van der Waals surface area contributed by atoms with Gasteiger partial charge in [-0.1, -0.05) is 69.7 Å². The third kappa shape index (κ3) is 6.58. The van der Waals surface area contributed by atoms with Crippen molar-refractivity contribution in [1.29, 1.82) is 0 Å². The fourth-order valence-corrected chi connectivity index (χ4v) is 7.85. The predicted octanol–water partition coefficient (Wildman–Crippen LogP) is 5.09. The molecule has 8 nitrogen and oxygen atoms in total. The summed E-state index contributed by atoms with van der Waals surface area (Å²) < 4.78 is 25.7. The quantitative estimate of drug-likeness (QED) is 0.292. The van der Waals surface area contributed by atoms with E-state index in [9.17, 15) is 20.1 Å². The van der Waals surface area contributed by atoms with Crippen LogP contribution in [0.2, 0.25) is 0 Å². The number of hydrogen-bond acceptors (Lipinski definition) is 8. The average Bonchev–Trinajstić information content (AvgIpc) is 3.27. The van der Waals surface area contributed by atoms with Gasteiger partial charge in [-0.25, -0.2) is 0 Å². The standard InChI is InChI=1S/C36H52O8/c1-20(2)13-24(6)32-25(7)30(37)18-35(44-32)17-28-16-27(43-35)12-11-22(4)14-21(3)9-8-10-26-19-41-33-31(38)23(5)15-29(34(39)42-28)36(26,33)40/h8-11,13,15,20-21,25,27-33,37-38,40H,12,14,16-19H2,1-7H3/b9-8+,22-11+,24-13+,26-10+/t21-,25-,27+,28-,29-,30-,31+,32+,33+,35?,36+/m0/s1. The van der Waals surface area contributed by atoms with E-state index in [1.54, 1.807) is 13.0 Å².